The molecule has 0 saturated carbocycles. The number of hydrogen-bond acceptors (Lipinski definition) is 4. The van der Waals surface area contributed by atoms with Crippen molar-refractivity contribution in [2.45, 2.75) is 0 Å². The summed E-state index contributed by atoms with van der Waals surface area (Å²) < 4.78 is 10.2. The van der Waals surface area contributed by atoms with Crippen molar-refractivity contribution in [3.8, 4) is 16.9 Å². The molecular formula is C21H19NO3. The van der Waals surface area contributed by atoms with Crippen LogP contribution in [0.15, 0.2) is 84.9 Å². The Balaban J connectivity index is 1.43. The van der Waals surface area contributed by atoms with Gasteiger partial charge in [0.1, 0.15) is 12.4 Å². The molecule has 0 aliphatic carbocycles. The molecule has 0 saturated heterocycles. The third-order valence-electron chi connectivity index (χ3n) is 3.59. The minimum atomic E-state index is -0.706. The van der Waals surface area contributed by atoms with Crippen LogP contribution in [0.4, 0.5) is 10.5 Å². The largest absolute Gasteiger partial charge is 0.513 e. The molecule has 3 aromatic rings. The topological polar surface area (TPSA) is 47.6 Å². The molecule has 0 fully saturated rings. The number of benzene rings is 3. The van der Waals surface area contributed by atoms with Gasteiger partial charge in [0.25, 0.3) is 0 Å². The van der Waals surface area contributed by atoms with Crippen molar-refractivity contribution >= 4 is 11.8 Å². The van der Waals surface area contributed by atoms with E-state index in [1.807, 2.05) is 72.8 Å². The Hall–Kier alpha value is -3.27. The summed E-state index contributed by atoms with van der Waals surface area (Å²) in [7, 11) is 0. The lowest BCUT2D eigenvalue weighted by molar-refractivity contribution is 0.103. The van der Waals surface area contributed by atoms with Crippen LogP contribution in [-0.2, 0) is 4.74 Å². The molecule has 0 heterocycles. The van der Waals surface area contributed by atoms with Gasteiger partial charge in [-0.05, 0) is 35.4 Å². The number of ether oxygens (including phenoxy) is 2. The van der Waals surface area contributed by atoms with Crippen molar-refractivity contribution in [2.24, 2.45) is 0 Å². The van der Waals surface area contributed by atoms with E-state index in [4.69, 9.17) is 9.47 Å². The van der Waals surface area contributed by atoms with Gasteiger partial charge in [0, 0.05) is 12.2 Å². The highest BCUT2D eigenvalue weighted by Gasteiger charge is 2.06. The first kappa shape index (κ1) is 16.6. The summed E-state index contributed by atoms with van der Waals surface area (Å²) in [6.07, 6.45) is -0.706. The highest BCUT2D eigenvalue weighted by molar-refractivity contribution is 5.67. The quantitative estimate of drug-likeness (QED) is 0.392. The highest BCUT2D eigenvalue weighted by atomic mass is 16.7. The van der Waals surface area contributed by atoms with Gasteiger partial charge in [-0.3, -0.25) is 0 Å². The molecular weight excluding hydrogens is 314 g/mol. The normalized spacial score (nSPS) is 10.1. The molecule has 0 aliphatic rings. The van der Waals surface area contributed by atoms with Crippen LogP contribution in [0.5, 0.6) is 5.75 Å². The Kier molecular flexibility index (Phi) is 5.67. The maximum atomic E-state index is 11.7. The fraction of sp³-hybridized carbons (Fsp3) is 0.0952. The molecule has 0 unspecified atom stereocenters. The molecule has 4 heteroatoms. The first-order chi connectivity index (χ1) is 12.3. The number of anilines is 1. The van der Waals surface area contributed by atoms with E-state index in [0.717, 1.165) is 16.8 Å². The lowest BCUT2D eigenvalue weighted by Gasteiger charge is -2.08. The summed E-state index contributed by atoms with van der Waals surface area (Å²) in [5.74, 6) is 0.459. The molecule has 3 rings (SSSR count). The van der Waals surface area contributed by atoms with Gasteiger partial charge in [0.05, 0.1) is 0 Å². The predicted molar refractivity (Wildman–Crippen MR) is 98.8 cm³/mol. The van der Waals surface area contributed by atoms with Crippen molar-refractivity contribution in [3.05, 3.63) is 84.9 Å². The van der Waals surface area contributed by atoms with E-state index in [2.05, 4.69) is 5.32 Å². The SMILES string of the molecule is O=C(OCCNc1ccccc1)Oc1ccc(-c2ccccc2)cc1. The maximum Gasteiger partial charge on any atom is 0.513 e. The average Bonchev–Trinajstić information content (AvgIpc) is 2.67. The standard InChI is InChI=1S/C21H19NO3/c23-21(24-16-15-22-19-9-5-2-6-10-19)25-20-13-11-18(12-14-20)17-7-3-1-4-8-17/h1-14,22H,15-16H2. The lowest BCUT2D eigenvalue weighted by Crippen LogP contribution is -2.16. The van der Waals surface area contributed by atoms with Gasteiger partial charge in [0.15, 0.2) is 0 Å². The number of para-hydroxylation sites is 1. The van der Waals surface area contributed by atoms with E-state index < -0.39 is 6.16 Å². The molecule has 126 valence electrons. The molecule has 3 aromatic carbocycles. The molecule has 0 amide bonds. The van der Waals surface area contributed by atoms with Gasteiger partial charge in [-0.2, -0.15) is 0 Å². The van der Waals surface area contributed by atoms with E-state index in [9.17, 15) is 4.79 Å². The molecule has 4 nitrogen and oxygen atoms in total. The van der Waals surface area contributed by atoms with Crippen LogP contribution >= 0.6 is 0 Å². The lowest BCUT2D eigenvalue weighted by atomic mass is 10.1. The van der Waals surface area contributed by atoms with Gasteiger partial charge in [-0.25, -0.2) is 4.79 Å². The zero-order valence-corrected chi connectivity index (χ0v) is 13.7. The molecule has 0 bridgehead atoms. The van der Waals surface area contributed by atoms with Crippen molar-refractivity contribution in [1.29, 1.82) is 0 Å². The Morgan fingerprint density at radius 1 is 0.760 bits per heavy atom. The Labute approximate surface area is 147 Å². The Morgan fingerprint density at radius 3 is 2.04 bits per heavy atom. The number of rotatable bonds is 6. The fourth-order valence-electron chi connectivity index (χ4n) is 2.36. The molecule has 0 aliphatic heterocycles. The van der Waals surface area contributed by atoms with Gasteiger partial charge in [-0.1, -0.05) is 60.7 Å². The first-order valence-electron chi connectivity index (χ1n) is 8.10. The Bertz CT molecular complexity index is 786. The summed E-state index contributed by atoms with van der Waals surface area (Å²) in [6, 6.07) is 27.1. The van der Waals surface area contributed by atoms with E-state index in [1.165, 1.54) is 0 Å². The van der Waals surface area contributed by atoms with Gasteiger partial charge in [0.2, 0.25) is 0 Å². The Morgan fingerprint density at radius 2 is 1.36 bits per heavy atom. The summed E-state index contributed by atoms with van der Waals surface area (Å²) in [4.78, 5) is 11.7. The number of hydrogen-bond donors (Lipinski definition) is 1. The fourth-order valence-corrected chi connectivity index (χ4v) is 2.36. The van der Waals surface area contributed by atoms with Gasteiger partial charge >= 0.3 is 6.16 Å². The van der Waals surface area contributed by atoms with Crippen LogP contribution in [0, 0.1) is 0 Å². The van der Waals surface area contributed by atoms with Crippen LogP contribution in [-0.4, -0.2) is 19.3 Å². The van der Waals surface area contributed by atoms with Crippen LogP contribution in [0.1, 0.15) is 0 Å². The highest BCUT2D eigenvalue weighted by Crippen LogP contribution is 2.22. The summed E-state index contributed by atoms with van der Waals surface area (Å²) in [5.41, 5.74) is 3.16. The van der Waals surface area contributed by atoms with Crippen molar-refractivity contribution in [2.75, 3.05) is 18.5 Å². The summed E-state index contributed by atoms with van der Waals surface area (Å²) in [6.45, 7) is 0.752. The van der Waals surface area contributed by atoms with E-state index in [1.54, 1.807) is 12.1 Å². The third-order valence-corrected chi connectivity index (χ3v) is 3.59. The van der Waals surface area contributed by atoms with E-state index in [-0.39, 0.29) is 6.61 Å². The number of carbonyl (C=O) groups is 1. The van der Waals surface area contributed by atoms with E-state index in [0.29, 0.717) is 12.3 Å². The average molecular weight is 333 g/mol. The van der Waals surface area contributed by atoms with Crippen LogP contribution in [0.2, 0.25) is 0 Å². The maximum absolute atomic E-state index is 11.7. The van der Waals surface area contributed by atoms with E-state index >= 15 is 0 Å². The minimum absolute atomic E-state index is 0.232. The molecule has 0 spiro atoms. The summed E-state index contributed by atoms with van der Waals surface area (Å²) in [5, 5.41) is 3.16. The zero-order valence-electron chi connectivity index (χ0n) is 13.7. The van der Waals surface area contributed by atoms with Crippen molar-refractivity contribution in [3.63, 3.8) is 0 Å². The molecule has 25 heavy (non-hydrogen) atoms. The first-order valence-corrected chi connectivity index (χ1v) is 8.10. The molecule has 0 aromatic heterocycles. The van der Waals surface area contributed by atoms with Crippen LogP contribution < -0.4 is 10.1 Å². The monoisotopic (exact) mass is 333 g/mol. The minimum Gasteiger partial charge on any atom is -0.432 e. The second-order valence-electron chi connectivity index (χ2n) is 5.38. The smallest absolute Gasteiger partial charge is 0.432 e. The van der Waals surface area contributed by atoms with Crippen molar-refractivity contribution in [1.82, 2.24) is 0 Å². The van der Waals surface area contributed by atoms with Gasteiger partial charge in [-0.15, -0.1) is 0 Å². The van der Waals surface area contributed by atoms with Crippen LogP contribution in [0.25, 0.3) is 11.1 Å². The second-order valence-corrected chi connectivity index (χ2v) is 5.38. The molecule has 0 atom stereocenters. The predicted octanol–water partition coefficient (Wildman–Crippen LogP) is 4.98. The van der Waals surface area contributed by atoms with Crippen molar-refractivity contribution < 1.29 is 14.3 Å². The second kappa shape index (κ2) is 8.55. The number of carbonyl (C=O) groups excluding carboxylic acids is 1. The van der Waals surface area contributed by atoms with Crippen LogP contribution in [0.3, 0.4) is 0 Å². The van der Waals surface area contributed by atoms with Gasteiger partial charge < -0.3 is 14.8 Å². The molecule has 0 radical (unpaired) electrons. The zero-order chi connectivity index (χ0) is 17.3. The number of nitrogens with one attached hydrogen (secondary N) is 1. The summed E-state index contributed by atoms with van der Waals surface area (Å²) >= 11 is 0. The third kappa shape index (κ3) is 5.11. The molecule has 1 N–H and O–H groups in total.